The highest BCUT2D eigenvalue weighted by molar-refractivity contribution is 5.95. The zero-order valence-corrected chi connectivity index (χ0v) is 15.8. The van der Waals surface area contributed by atoms with Gasteiger partial charge < -0.3 is 4.74 Å². The molecule has 1 aromatic carbocycles. The molecule has 2 saturated carbocycles. The van der Waals surface area contributed by atoms with E-state index in [1.54, 1.807) is 7.11 Å². The minimum absolute atomic E-state index is 0.0859. The number of allylic oxidation sites excluding steroid dienone is 4. The Balaban J connectivity index is 1.76. The van der Waals surface area contributed by atoms with Gasteiger partial charge in [-0.1, -0.05) is 50.1 Å². The first kappa shape index (κ1) is 16.4. The van der Waals surface area contributed by atoms with Crippen molar-refractivity contribution in [2.24, 2.45) is 22.7 Å². The average Bonchev–Trinajstić information content (AvgIpc) is 2.92. The van der Waals surface area contributed by atoms with E-state index in [0.717, 1.165) is 18.6 Å². The van der Waals surface area contributed by atoms with Gasteiger partial charge in [0.25, 0.3) is 0 Å². The van der Waals surface area contributed by atoms with Crippen molar-refractivity contribution in [3.63, 3.8) is 0 Å². The van der Waals surface area contributed by atoms with Crippen LogP contribution in [0.25, 0.3) is 0 Å². The monoisotopic (exact) mass is 348 g/mol. The lowest BCUT2D eigenvalue weighted by atomic mass is 9.52. The van der Waals surface area contributed by atoms with Crippen LogP contribution in [0.3, 0.4) is 0 Å². The normalized spacial score (nSPS) is 43.1. The maximum Gasteiger partial charge on any atom is 0.159 e. The number of ketones is 1. The second-order valence-electron chi connectivity index (χ2n) is 8.98. The smallest absolute Gasteiger partial charge is 0.159 e. The molecule has 136 valence electrons. The summed E-state index contributed by atoms with van der Waals surface area (Å²) in [6.45, 7) is 2.49. The summed E-state index contributed by atoms with van der Waals surface area (Å²) < 4.78 is 5.39. The van der Waals surface area contributed by atoms with Crippen molar-refractivity contribution in [1.29, 1.82) is 0 Å². The predicted octanol–water partition coefficient (Wildman–Crippen LogP) is 5.23. The molecule has 5 rings (SSSR count). The highest BCUT2D eigenvalue weighted by atomic mass is 16.5. The van der Waals surface area contributed by atoms with E-state index in [0.29, 0.717) is 11.7 Å². The van der Waals surface area contributed by atoms with Crippen molar-refractivity contribution in [3.8, 4) is 5.75 Å². The molecule has 0 N–H and O–H groups in total. The summed E-state index contributed by atoms with van der Waals surface area (Å²) in [5.74, 6) is 1.79. The lowest BCUT2D eigenvalue weighted by Gasteiger charge is -2.51. The zero-order chi connectivity index (χ0) is 18.0. The van der Waals surface area contributed by atoms with Gasteiger partial charge in [-0.2, -0.15) is 0 Å². The summed E-state index contributed by atoms with van der Waals surface area (Å²) in [5, 5.41) is 0. The van der Waals surface area contributed by atoms with E-state index < -0.39 is 0 Å². The molecule has 2 heteroatoms. The number of benzene rings is 1. The fraction of sp³-hybridized carbons (Fsp3) is 0.542. The summed E-state index contributed by atoms with van der Waals surface area (Å²) in [6, 6.07) is 8.55. The fourth-order valence-corrected chi connectivity index (χ4v) is 7.39. The van der Waals surface area contributed by atoms with Crippen LogP contribution in [0.15, 0.2) is 48.6 Å². The van der Waals surface area contributed by atoms with Gasteiger partial charge in [0.15, 0.2) is 5.78 Å². The van der Waals surface area contributed by atoms with Gasteiger partial charge in [0.1, 0.15) is 5.75 Å². The molecule has 0 radical (unpaired) electrons. The number of hydrogen-bond acceptors (Lipinski definition) is 2. The van der Waals surface area contributed by atoms with Crippen LogP contribution >= 0.6 is 0 Å². The van der Waals surface area contributed by atoms with Gasteiger partial charge in [-0.05, 0) is 66.2 Å². The van der Waals surface area contributed by atoms with Crippen LogP contribution in [0.4, 0.5) is 0 Å². The Morgan fingerprint density at radius 1 is 1.08 bits per heavy atom. The summed E-state index contributed by atoms with van der Waals surface area (Å²) in [4.78, 5) is 13.3. The first-order valence-corrected chi connectivity index (χ1v) is 10.1. The molecule has 2 bridgehead atoms. The lowest BCUT2D eigenvalue weighted by Crippen LogP contribution is -2.47. The van der Waals surface area contributed by atoms with Crippen molar-refractivity contribution in [2.45, 2.75) is 50.9 Å². The van der Waals surface area contributed by atoms with Gasteiger partial charge in [-0.3, -0.25) is 4.79 Å². The number of carbonyl (C=O) groups excluding carboxylic acids is 1. The van der Waals surface area contributed by atoms with Gasteiger partial charge in [-0.25, -0.2) is 0 Å². The van der Waals surface area contributed by atoms with Crippen molar-refractivity contribution in [1.82, 2.24) is 0 Å². The summed E-state index contributed by atoms with van der Waals surface area (Å²) in [7, 11) is 1.71. The maximum atomic E-state index is 13.3. The van der Waals surface area contributed by atoms with Gasteiger partial charge in [0, 0.05) is 11.3 Å². The van der Waals surface area contributed by atoms with Gasteiger partial charge >= 0.3 is 0 Å². The van der Waals surface area contributed by atoms with Crippen molar-refractivity contribution in [3.05, 3.63) is 54.1 Å². The minimum Gasteiger partial charge on any atom is -0.497 e. The molecule has 0 aromatic heterocycles. The molecule has 0 aliphatic heterocycles. The second kappa shape index (κ2) is 5.34. The molecule has 0 heterocycles. The molecule has 0 amide bonds. The number of ether oxygens (including phenoxy) is 1. The first-order chi connectivity index (χ1) is 12.6. The third kappa shape index (κ3) is 1.67. The van der Waals surface area contributed by atoms with Crippen LogP contribution in [0.2, 0.25) is 0 Å². The van der Waals surface area contributed by atoms with Crippen molar-refractivity contribution < 1.29 is 9.53 Å². The van der Waals surface area contributed by atoms with Crippen LogP contribution in [0.5, 0.6) is 5.75 Å². The molecule has 0 unspecified atom stereocenters. The Labute approximate surface area is 156 Å². The molecule has 1 aromatic rings. The molecule has 2 nitrogen and oxygen atoms in total. The standard InChI is InChI=1S/C24H28O2/c1-22-13-5-6-14-23(22)15-16-24(22,17-9-11-18(26-2)12-10-17)21-19(23)7-3-4-8-20(21)25/h4,8-12,15-16,19,21H,3,5-7,13-14H2,1-2H3/t19-,21-,22-,23-,24+/m0/s1. The maximum absolute atomic E-state index is 13.3. The molecule has 4 aliphatic rings. The lowest BCUT2D eigenvalue weighted by molar-refractivity contribution is -0.121. The fourth-order valence-electron chi connectivity index (χ4n) is 7.39. The van der Waals surface area contributed by atoms with Crippen LogP contribution < -0.4 is 4.74 Å². The Morgan fingerprint density at radius 2 is 1.85 bits per heavy atom. The van der Waals surface area contributed by atoms with E-state index in [-0.39, 0.29) is 22.2 Å². The topological polar surface area (TPSA) is 26.3 Å². The summed E-state index contributed by atoms with van der Waals surface area (Å²) in [6.07, 6.45) is 16.2. The number of hydrogen-bond donors (Lipinski definition) is 0. The first-order valence-electron chi connectivity index (χ1n) is 10.1. The Hall–Kier alpha value is -1.83. The van der Waals surface area contributed by atoms with E-state index in [1.807, 2.05) is 6.08 Å². The van der Waals surface area contributed by atoms with E-state index in [2.05, 4.69) is 49.4 Å². The highest BCUT2D eigenvalue weighted by Crippen LogP contribution is 2.79. The quantitative estimate of drug-likeness (QED) is 0.684. The van der Waals surface area contributed by atoms with Crippen LogP contribution in [-0.2, 0) is 10.2 Å². The Bertz CT molecular complexity index is 804. The molecule has 5 atom stereocenters. The van der Waals surface area contributed by atoms with E-state index in [9.17, 15) is 4.79 Å². The molecule has 2 fully saturated rings. The van der Waals surface area contributed by atoms with E-state index in [1.165, 1.54) is 31.2 Å². The molecular formula is C24H28O2. The number of rotatable bonds is 2. The molecule has 4 aliphatic carbocycles. The molecule has 0 saturated heterocycles. The largest absolute Gasteiger partial charge is 0.497 e. The van der Waals surface area contributed by atoms with Crippen LogP contribution in [-0.4, -0.2) is 12.9 Å². The molecule has 0 spiro atoms. The summed E-state index contributed by atoms with van der Waals surface area (Å²) in [5.41, 5.74) is 1.47. The zero-order valence-electron chi connectivity index (χ0n) is 15.8. The Kier molecular flexibility index (Phi) is 3.36. The van der Waals surface area contributed by atoms with Crippen molar-refractivity contribution >= 4 is 5.78 Å². The third-order valence-corrected chi connectivity index (χ3v) is 8.46. The Morgan fingerprint density at radius 3 is 2.62 bits per heavy atom. The third-order valence-electron chi connectivity index (χ3n) is 8.46. The van der Waals surface area contributed by atoms with Crippen molar-refractivity contribution in [2.75, 3.05) is 7.11 Å². The van der Waals surface area contributed by atoms with Gasteiger partial charge in [0.2, 0.25) is 0 Å². The van der Waals surface area contributed by atoms with E-state index in [4.69, 9.17) is 4.74 Å². The minimum atomic E-state index is -0.171. The number of methoxy groups -OCH3 is 1. The molecule has 26 heavy (non-hydrogen) atoms. The summed E-state index contributed by atoms with van der Waals surface area (Å²) >= 11 is 0. The molecular weight excluding hydrogens is 320 g/mol. The second-order valence-corrected chi connectivity index (χ2v) is 8.98. The SMILES string of the molecule is COc1ccc([C@@]23C=C[C@@]4(CCCC[C@@]42C)[C@H]2CCC=CC(=O)[C@H]23)cc1. The average molecular weight is 348 g/mol. The number of fused-ring (bicyclic) bond motifs is 2. The predicted molar refractivity (Wildman–Crippen MR) is 103 cm³/mol. The number of carbonyl (C=O) groups is 1. The van der Waals surface area contributed by atoms with Crippen LogP contribution in [0, 0.1) is 22.7 Å². The van der Waals surface area contributed by atoms with Gasteiger partial charge in [-0.15, -0.1) is 0 Å². The van der Waals surface area contributed by atoms with E-state index >= 15 is 0 Å². The van der Waals surface area contributed by atoms with Crippen LogP contribution in [0.1, 0.15) is 51.0 Å². The highest BCUT2D eigenvalue weighted by Gasteiger charge is 2.76. The van der Waals surface area contributed by atoms with Gasteiger partial charge in [0.05, 0.1) is 7.11 Å².